The predicted octanol–water partition coefficient (Wildman–Crippen LogP) is 3.67. The molecule has 0 radical (unpaired) electrons. The van der Waals surface area contributed by atoms with Crippen LogP contribution in [0, 0.1) is 0 Å². The summed E-state index contributed by atoms with van der Waals surface area (Å²) in [6, 6.07) is 12.1. The molecular formula is C19H19N5O. The van der Waals surface area contributed by atoms with Gasteiger partial charge in [-0.1, -0.05) is 18.2 Å². The first kappa shape index (κ1) is 15.3. The van der Waals surface area contributed by atoms with Crippen LogP contribution in [-0.4, -0.2) is 28.5 Å². The molecule has 4 aromatic rings. The van der Waals surface area contributed by atoms with Crippen LogP contribution in [0.1, 0.15) is 5.76 Å². The lowest BCUT2D eigenvalue weighted by Crippen LogP contribution is -2.10. The van der Waals surface area contributed by atoms with Crippen molar-refractivity contribution in [2.45, 2.75) is 6.54 Å². The number of anilines is 2. The number of nitrogens with zero attached hydrogens (tertiary/aromatic N) is 4. The van der Waals surface area contributed by atoms with Crippen molar-refractivity contribution in [2.24, 2.45) is 0 Å². The lowest BCUT2D eigenvalue weighted by Gasteiger charge is -2.17. The molecule has 0 fully saturated rings. The van der Waals surface area contributed by atoms with Crippen molar-refractivity contribution in [1.29, 1.82) is 0 Å². The standard InChI is InChI=1S/C19H19N5O/c1-23(2)16-8-4-3-7-15(16)17-13-22-19-18(20-9-10-24(17)19)21-12-14-6-5-11-25-14/h3-11,13H,12H2,1-2H3,(H,20,21). The largest absolute Gasteiger partial charge is 0.467 e. The maximum atomic E-state index is 5.36. The normalized spacial score (nSPS) is 11.0. The van der Waals surface area contributed by atoms with Gasteiger partial charge < -0.3 is 14.6 Å². The van der Waals surface area contributed by atoms with Crippen LogP contribution in [-0.2, 0) is 6.54 Å². The molecule has 0 bridgehead atoms. The van der Waals surface area contributed by atoms with Gasteiger partial charge in [0.15, 0.2) is 11.5 Å². The average molecular weight is 333 g/mol. The molecule has 0 aliphatic heterocycles. The number of hydrogen-bond donors (Lipinski definition) is 1. The third kappa shape index (κ3) is 2.82. The van der Waals surface area contributed by atoms with E-state index in [4.69, 9.17) is 4.42 Å². The Balaban J connectivity index is 1.74. The van der Waals surface area contributed by atoms with Gasteiger partial charge in [0.1, 0.15) is 5.76 Å². The van der Waals surface area contributed by atoms with Gasteiger partial charge in [0, 0.05) is 37.7 Å². The highest BCUT2D eigenvalue weighted by molar-refractivity contribution is 5.79. The number of hydrogen-bond acceptors (Lipinski definition) is 5. The molecule has 0 saturated carbocycles. The molecule has 1 aromatic carbocycles. The summed E-state index contributed by atoms with van der Waals surface area (Å²) in [7, 11) is 4.08. The van der Waals surface area contributed by atoms with Gasteiger partial charge in [0.05, 0.1) is 24.7 Å². The van der Waals surface area contributed by atoms with Gasteiger partial charge in [-0.3, -0.25) is 4.40 Å². The van der Waals surface area contributed by atoms with Gasteiger partial charge in [-0.25, -0.2) is 9.97 Å². The molecule has 0 atom stereocenters. The highest BCUT2D eigenvalue weighted by atomic mass is 16.3. The third-order valence-electron chi connectivity index (χ3n) is 4.10. The van der Waals surface area contributed by atoms with E-state index in [1.165, 1.54) is 0 Å². The predicted molar refractivity (Wildman–Crippen MR) is 98.8 cm³/mol. The zero-order valence-electron chi connectivity index (χ0n) is 14.2. The Morgan fingerprint density at radius 1 is 1.12 bits per heavy atom. The first-order chi connectivity index (χ1) is 12.2. The highest BCUT2D eigenvalue weighted by Crippen LogP contribution is 2.31. The average Bonchev–Trinajstić information content (AvgIpc) is 3.29. The second kappa shape index (κ2) is 6.32. The molecule has 3 aromatic heterocycles. The summed E-state index contributed by atoms with van der Waals surface area (Å²) < 4.78 is 7.42. The van der Waals surface area contributed by atoms with Crippen LogP contribution in [0.2, 0.25) is 0 Å². The van der Waals surface area contributed by atoms with Crippen molar-refractivity contribution >= 4 is 17.2 Å². The summed E-state index contributed by atoms with van der Waals surface area (Å²) >= 11 is 0. The van der Waals surface area contributed by atoms with Crippen LogP contribution in [0.25, 0.3) is 16.9 Å². The van der Waals surface area contributed by atoms with E-state index in [1.807, 2.05) is 50.8 Å². The quantitative estimate of drug-likeness (QED) is 0.604. The Labute approximate surface area is 145 Å². The van der Waals surface area contributed by atoms with Crippen LogP contribution >= 0.6 is 0 Å². The molecule has 0 aliphatic rings. The topological polar surface area (TPSA) is 58.6 Å². The number of furan rings is 1. The van der Waals surface area contributed by atoms with E-state index in [2.05, 4.69) is 36.7 Å². The van der Waals surface area contributed by atoms with Gasteiger partial charge in [-0.05, 0) is 18.2 Å². The van der Waals surface area contributed by atoms with Gasteiger partial charge in [-0.2, -0.15) is 0 Å². The Kier molecular flexibility index (Phi) is 3.85. The van der Waals surface area contributed by atoms with Crippen LogP contribution in [0.3, 0.4) is 0 Å². The molecule has 0 spiro atoms. The highest BCUT2D eigenvalue weighted by Gasteiger charge is 2.13. The summed E-state index contributed by atoms with van der Waals surface area (Å²) in [6.07, 6.45) is 7.26. The first-order valence-corrected chi connectivity index (χ1v) is 8.09. The Hall–Kier alpha value is -3.28. The minimum atomic E-state index is 0.566. The fraction of sp³-hybridized carbons (Fsp3) is 0.158. The van der Waals surface area contributed by atoms with Crippen molar-refractivity contribution in [2.75, 3.05) is 24.3 Å². The second-order valence-corrected chi connectivity index (χ2v) is 5.96. The fourth-order valence-corrected chi connectivity index (χ4v) is 2.91. The Morgan fingerprint density at radius 3 is 2.80 bits per heavy atom. The van der Waals surface area contributed by atoms with Crippen molar-refractivity contribution in [1.82, 2.24) is 14.4 Å². The van der Waals surface area contributed by atoms with Crippen molar-refractivity contribution in [3.8, 4) is 11.3 Å². The van der Waals surface area contributed by atoms with Crippen LogP contribution in [0.15, 0.2) is 65.7 Å². The monoisotopic (exact) mass is 333 g/mol. The van der Waals surface area contributed by atoms with Crippen LogP contribution < -0.4 is 10.2 Å². The zero-order valence-corrected chi connectivity index (χ0v) is 14.2. The van der Waals surface area contributed by atoms with E-state index in [0.717, 1.165) is 34.2 Å². The van der Waals surface area contributed by atoms with E-state index in [0.29, 0.717) is 6.54 Å². The van der Waals surface area contributed by atoms with E-state index in [9.17, 15) is 0 Å². The molecule has 6 heteroatoms. The van der Waals surface area contributed by atoms with Gasteiger partial charge >= 0.3 is 0 Å². The van der Waals surface area contributed by atoms with Crippen LogP contribution in [0.4, 0.5) is 11.5 Å². The lowest BCUT2D eigenvalue weighted by molar-refractivity contribution is 0.518. The summed E-state index contributed by atoms with van der Waals surface area (Å²) in [5.74, 6) is 1.58. The Morgan fingerprint density at radius 2 is 2.00 bits per heavy atom. The maximum absolute atomic E-state index is 5.36. The number of nitrogens with one attached hydrogen (secondary N) is 1. The molecular weight excluding hydrogens is 314 g/mol. The van der Waals surface area contributed by atoms with Crippen molar-refractivity contribution in [3.63, 3.8) is 0 Å². The smallest absolute Gasteiger partial charge is 0.180 e. The molecule has 3 heterocycles. The second-order valence-electron chi connectivity index (χ2n) is 5.96. The van der Waals surface area contributed by atoms with Gasteiger partial charge in [-0.15, -0.1) is 0 Å². The minimum absolute atomic E-state index is 0.566. The van der Waals surface area contributed by atoms with E-state index >= 15 is 0 Å². The molecule has 25 heavy (non-hydrogen) atoms. The van der Waals surface area contributed by atoms with Gasteiger partial charge in [0.25, 0.3) is 0 Å². The molecule has 4 rings (SSSR count). The summed E-state index contributed by atoms with van der Waals surface area (Å²) in [6.45, 7) is 0.566. The Bertz CT molecular complexity index is 988. The lowest BCUT2D eigenvalue weighted by atomic mass is 10.1. The molecule has 126 valence electrons. The van der Waals surface area contributed by atoms with Crippen LogP contribution in [0.5, 0.6) is 0 Å². The fourth-order valence-electron chi connectivity index (χ4n) is 2.91. The molecule has 0 unspecified atom stereocenters. The maximum Gasteiger partial charge on any atom is 0.180 e. The zero-order chi connectivity index (χ0) is 17.2. The number of rotatable bonds is 5. The molecule has 0 amide bonds. The molecule has 1 N–H and O–H groups in total. The minimum Gasteiger partial charge on any atom is -0.467 e. The number of fused-ring (bicyclic) bond motifs is 1. The summed E-state index contributed by atoms with van der Waals surface area (Å²) in [5.41, 5.74) is 4.09. The number of benzene rings is 1. The van der Waals surface area contributed by atoms with Gasteiger partial charge in [0.2, 0.25) is 0 Å². The summed E-state index contributed by atoms with van der Waals surface area (Å²) in [5, 5.41) is 3.29. The van der Waals surface area contributed by atoms with E-state index < -0.39 is 0 Å². The molecule has 6 nitrogen and oxygen atoms in total. The van der Waals surface area contributed by atoms with E-state index in [-0.39, 0.29) is 0 Å². The summed E-state index contributed by atoms with van der Waals surface area (Å²) in [4.78, 5) is 11.1. The molecule has 0 saturated heterocycles. The van der Waals surface area contributed by atoms with Crippen molar-refractivity contribution < 1.29 is 4.42 Å². The number of aromatic nitrogens is 3. The van der Waals surface area contributed by atoms with E-state index in [1.54, 1.807) is 12.5 Å². The number of imidazole rings is 1. The SMILES string of the molecule is CN(C)c1ccccc1-c1cnc2c(NCc3ccco3)nccn12. The molecule has 0 aliphatic carbocycles. The number of para-hydroxylation sites is 1. The van der Waals surface area contributed by atoms with Crippen molar-refractivity contribution in [3.05, 3.63) is 67.0 Å². The first-order valence-electron chi connectivity index (χ1n) is 8.09. The third-order valence-corrected chi connectivity index (χ3v) is 4.10.